The summed E-state index contributed by atoms with van der Waals surface area (Å²) in [5, 5.41) is 8.39. The first kappa shape index (κ1) is 33.7. The van der Waals surface area contributed by atoms with Gasteiger partial charge in [-0.25, -0.2) is 0 Å². The molecule has 1 aliphatic heterocycles. The molecule has 0 saturated carbocycles. The lowest BCUT2D eigenvalue weighted by Crippen LogP contribution is -2.46. The third kappa shape index (κ3) is 6.62. The number of hydrogen-bond acceptors (Lipinski definition) is 7. The molecule has 0 aliphatic carbocycles. The number of primary amides is 1. The normalized spacial score (nSPS) is 15.1. The second kappa shape index (κ2) is 11.4. The number of carbonyl (C=O) groups is 2. The van der Waals surface area contributed by atoms with Crippen molar-refractivity contribution < 1.29 is 45.9 Å². The number of halogens is 7. The summed E-state index contributed by atoms with van der Waals surface area (Å²) < 4.78 is 78.3. The molecule has 0 fully saturated rings. The van der Waals surface area contributed by atoms with E-state index in [2.05, 4.69) is 47.4 Å². The number of nitrogens with two attached hydrogens (primary N) is 1. The van der Waals surface area contributed by atoms with Crippen molar-refractivity contribution in [2.45, 2.75) is 30.0 Å². The molecule has 19 heteroatoms. The number of nitrogens with zero attached hydrogens (tertiary/aromatic N) is 2. The number of alkyl halides is 5. The number of hydrogen-bond donors (Lipinski definition) is 4. The largest absolute Gasteiger partial charge is 0.806 e. The van der Waals surface area contributed by atoms with Crippen LogP contribution in [0.15, 0.2) is 55.6 Å². The number of benzene rings is 2. The Morgan fingerprint density at radius 1 is 1.05 bits per heavy atom. The maximum atomic E-state index is 13.9. The molecular formula is C19H20Br2F5N6O5P. The van der Waals surface area contributed by atoms with Gasteiger partial charge in [-0.1, -0.05) is 44.0 Å². The van der Waals surface area contributed by atoms with Crippen LogP contribution in [0.2, 0.25) is 0 Å². The fourth-order valence-corrected chi connectivity index (χ4v) is 4.95. The van der Waals surface area contributed by atoms with Crippen LogP contribution in [0.1, 0.15) is 27.0 Å². The Kier molecular flexibility index (Phi) is 10.1. The van der Waals surface area contributed by atoms with E-state index in [1.807, 2.05) is 0 Å². The van der Waals surface area contributed by atoms with Gasteiger partial charge < -0.3 is 37.7 Å². The third-order valence-corrected chi connectivity index (χ3v) is 7.09. The van der Waals surface area contributed by atoms with E-state index >= 15 is 0 Å². The molecule has 0 radical (unpaired) electrons. The van der Waals surface area contributed by atoms with Crippen molar-refractivity contribution in [3.05, 3.63) is 67.6 Å². The minimum Gasteiger partial charge on any atom is -0.806 e. The maximum Gasteiger partial charge on any atom is 0.442 e. The summed E-state index contributed by atoms with van der Waals surface area (Å²) in [6, 6.07) is 4.35. The van der Waals surface area contributed by atoms with Crippen LogP contribution >= 0.6 is 39.5 Å². The minimum atomic E-state index is -6.34. The zero-order valence-corrected chi connectivity index (χ0v) is 23.4. The Morgan fingerprint density at radius 2 is 1.63 bits per heavy atom. The number of rotatable bonds is 8. The summed E-state index contributed by atoms with van der Waals surface area (Å²) >= 11 is 5.76. The molecule has 1 aliphatic rings. The highest BCUT2D eigenvalue weighted by Gasteiger charge is 2.65. The Morgan fingerprint density at radius 3 is 2.08 bits per heavy atom. The summed E-state index contributed by atoms with van der Waals surface area (Å²) in [5.41, 5.74) is -3.95. The molecule has 0 unspecified atom stereocenters. The zero-order valence-electron chi connectivity index (χ0n) is 19.4. The van der Waals surface area contributed by atoms with E-state index in [1.54, 1.807) is 0 Å². The Balaban J connectivity index is 0.00000361. The van der Waals surface area contributed by atoms with Gasteiger partial charge in [0.2, 0.25) is 5.91 Å². The first-order chi connectivity index (χ1) is 16.4. The summed E-state index contributed by atoms with van der Waals surface area (Å²) in [5.74, 6) is -2.05. The molecule has 11 nitrogen and oxygen atoms in total. The number of carbonyl (C=O) groups excluding carboxylic acids is 2. The van der Waals surface area contributed by atoms with E-state index in [9.17, 15) is 45.9 Å². The Labute approximate surface area is 228 Å². The lowest BCUT2D eigenvalue weighted by molar-refractivity contribution is -0.335. The van der Waals surface area contributed by atoms with Crippen molar-refractivity contribution in [1.82, 2.24) is 17.6 Å². The highest BCUT2D eigenvalue weighted by Crippen LogP contribution is 2.55. The molecule has 38 heavy (non-hydrogen) atoms. The summed E-state index contributed by atoms with van der Waals surface area (Å²) in [6.45, 7) is 0. The summed E-state index contributed by atoms with van der Waals surface area (Å²) in [4.78, 5) is 46.4. The van der Waals surface area contributed by atoms with Gasteiger partial charge in [-0.15, -0.1) is 10.2 Å². The van der Waals surface area contributed by atoms with Gasteiger partial charge in [0, 0.05) is 39.7 Å². The predicted octanol–water partition coefficient (Wildman–Crippen LogP) is 3.93. The van der Waals surface area contributed by atoms with E-state index in [4.69, 9.17) is 5.73 Å². The zero-order chi connectivity index (χ0) is 27.3. The number of quaternary nitrogens is 2. The van der Waals surface area contributed by atoms with Gasteiger partial charge in [-0.05, 0) is 29.8 Å². The molecule has 1 heterocycles. The van der Waals surface area contributed by atoms with Crippen LogP contribution in [0, 0.1) is 0 Å². The number of amides is 2. The van der Waals surface area contributed by atoms with Crippen molar-refractivity contribution in [2.75, 3.05) is 0 Å². The first-order valence-electron chi connectivity index (χ1n) is 9.50. The second-order valence-electron chi connectivity index (χ2n) is 7.58. The monoisotopic (exact) mass is 696 g/mol. The molecule has 11 N–H and O–H groups in total. The van der Waals surface area contributed by atoms with Gasteiger partial charge in [-0.2, -0.15) is 22.0 Å². The van der Waals surface area contributed by atoms with Crippen molar-refractivity contribution in [3.8, 4) is 0 Å². The molecule has 0 aromatic heterocycles. The van der Waals surface area contributed by atoms with E-state index in [0.29, 0.717) is 6.07 Å². The van der Waals surface area contributed by atoms with Gasteiger partial charge in [0.15, 0.2) is 0 Å². The topological polar surface area (TPSA) is 233 Å². The van der Waals surface area contributed by atoms with Crippen molar-refractivity contribution in [2.24, 2.45) is 16.0 Å². The van der Waals surface area contributed by atoms with Crippen molar-refractivity contribution in [3.63, 3.8) is 0 Å². The standard InChI is InChI=1S/C19H14Br2F5N4O5P.2H3N/c20-11-6-9(5-10(7-11)17(29-30-17)19(24,25)26)16(32)28-14(15(27)31)4-8-1-2-12(13(21)3-8)18(22,23)36(33,34)35;;/h1-3,5-7,14H,4H2,(H2,27,31)(H,28,32)(H2,33,34,35);2*1H3/t14-;;/m0../s1. The molecule has 1 atom stereocenters. The van der Waals surface area contributed by atoms with Gasteiger partial charge in [-0.3, -0.25) is 9.59 Å². The quantitative estimate of drug-likeness (QED) is 0.236. The molecule has 3 rings (SSSR count). The Bertz CT molecular complexity index is 1320. The van der Waals surface area contributed by atoms with Crippen LogP contribution in [0.4, 0.5) is 22.0 Å². The fraction of sp³-hybridized carbons (Fsp3) is 0.263. The van der Waals surface area contributed by atoms with Crippen LogP contribution in [0.5, 0.6) is 0 Å². The average molecular weight is 698 g/mol. The lowest BCUT2D eigenvalue weighted by atomic mass is 9.99. The van der Waals surface area contributed by atoms with Crippen molar-refractivity contribution >= 4 is 51.3 Å². The van der Waals surface area contributed by atoms with E-state index in [-0.39, 0.29) is 34.3 Å². The van der Waals surface area contributed by atoms with Crippen LogP contribution in [0.3, 0.4) is 0 Å². The smallest absolute Gasteiger partial charge is 0.442 e. The molecule has 0 bridgehead atoms. The molecule has 0 saturated heterocycles. The second-order valence-corrected chi connectivity index (χ2v) is 10.9. The van der Waals surface area contributed by atoms with Crippen LogP contribution < -0.4 is 33.1 Å². The maximum absolute atomic E-state index is 13.9. The Hall–Kier alpha value is -2.34. The molecule has 2 amide bonds. The highest BCUT2D eigenvalue weighted by molar-refractivity contribution is 9.10. The van der Waals surface area contributed by atoms with Crippen LogP contribution in [-0.2, 0) is 27.1 Å². The van der Waals surface area contributed by atoms with Gasteiger partial charge in [0.05, 0.1) is 0 Å². The number of nitrogens with one attached hydrogen (secondary N) is 1. The van der Waals surface area contributed by atoms with Gasteiger partial charge in [0.25, 0.3) is 11.6 Å². The first-order valence-corrected chi connectivity index (χ1v) is 12.6. The summed E-state index contributed by atoms with van der Waals surface area (Å²) in [6.07, 6.45) is -5.21. The van der Waals surface area contributed by atoms with E-state index in [0.717, 1.165) is 24.3 Å². The molecule has 0 spiro atoms. The molecule has 2 aromatic carbocycles. The average Bonchev–Trinajstić information content (AvgIpc) is 3.54. The van der Waals surface area contributed by atoms with E-state index in [1.165, 1.54) is 6.07 Å². The SMILES string of the molecule is NC(=O)[C@H](Cc1ccc(C(F)(F)P(=O)([O-])[O-])c(Br)c1)NC(=O)c1cc(Br)cc(C2(C(F)(F)F)N=N2)c1.[NH4+].[NH4+]. The van der Waals surface area contributed by atoms with Gasteiger partial charge in [0.1, 0.15) is 6.04 Å². The van der Waals surface area contributed by atoms with Crippen LogP contribution in [-0.4, -0.2) is 24.0 Å². The fourth-order valence-electron chi connectivity index (χ4n) is 3.14. The molecule has 2 aromatic rings. The highest BCUT2D eigenvalue weighted by atomic mass is 79.9. The molecular weight excluding hydrogens is 678 g/mol. The summed E-state index contributed by atoms with van der Waals surface area (Å²) in [7, 11) is -6.34. The minimum absolute atomic E-state index is 0. The lowest BCUT2D eigenvalue weighted by Gasteiger charge is -2.38. The predicted molar refractivity (Wildman–Crippen MR) is 128 cm³/mol. The third-order valence-electron chi connectivity index (χ3n) is 5.05. The van der Waals surface area contributed by atoms with Gasteiger partial charge >= 0.3 is 11.8 Å². The molecule has 210 valence electrons. The van der Waals surface area contributed by atoms with E-state index < -0.39 is 58.6 Å². The van der Waals surface area contributed by atoms with Crippen LogP contribution in [0.25, 0.3) is 0 Å². The van der Waals surface area contributed by atoms with Crippen molar-refractivity contribution in [1.29, 1.82) is 0 Å².